The van der Waals surface area contributed by atoms with Gasteiger partial charge in [0.25, 0.3) is 0 Å². The summed E-state index contributed by atoms with van der Waals surface area (Å²) >= 11 is 0. The summed E-state index contributed by atoms with van der Waals surface area (Å²) in [5.74, 6) is -0.341. The minimum absolute atomic E-state index is 0.127. The third-order valence-corrected chi connectivity index (χ3v) is 10.1. The van der Waals surface area contributed by atoms with Gasteiger partial charge in [0.05, 0.1) is 19.8 Å². The van der Waals surface area contributed by atoms with Crippen molar-refractivity contribution in [3.05, 3.63) is 72.9 Å². The highest BCUT2D eigenvalue weighted by atomic mass is 16.7. The van der Waals surface area contributed by atoms with Crippen LogP contribution in [0.2, 0.25) is 0 Å². The van der Waals surface area contributed by atoms with Crippen molar-refractivity contribution in [2.45, 2.75) is 205 Å². The van der Waals surface area contributed by atoms with E-state index in [1.165, 1.54) is 64.2 Å². The fourth-order valence-electron chi connectivity index (χ4n) is 6.51. The fourth-order valence-corrected chi connectivity index (χ4v) is 6.51. The first-order chi connectivity index (χ1) is 28.4. The SMILES string of the molecule is CC/C=C\C/C=C\C/C=C\C/C=C\CCCCCCC(=O)OC(COCCCCCCCCCC/C=C\C/C=C\CCCCC)COC1OC(CO)C(O)C(O)C1O. The van der Waals surface area contributed by atoms with Gasteiger partial charge in [0.1, 0.15) is 30.5 Å². The average Bonchev–Trinajstić information content (AvgIpc) is 3.22. The topological polar surface area (TPSA) is 135 Å². The van der Waals surface area contributed by atoms with Gasteiger partial charge in [-0.3, -0.25) is 4.79 Å². The van der Waals surface area contributed by atoms with E-state index < -0.39 is 43.4 Å². The summed E-state index contributed by atoms with van der Waals surface area (Å²) in [4.78, 5) is 12.8. The van der Waals surface area contributed by atoms with Crippen molar-refractivity contribution in [1.29, 1.82) is 0 Å². The molecule has 6 unspecified atom stereocenters. The molecule has 1 rings (SSSR count). The molecule has 0 amide bonds. The van der Waals surface area contributed by atoms with Crippen molar-refractivity contribution >= 4 is 5.97 Å². The second-order valence-electron chi connectivity index (χ2n) is 15.5. The standard InChI is InChI=1S/C49H84O9/c1-3-5-7-9-11-13-15-17-19-21-23-25-27-29-31-33-35-37-39-55-41-43(42-56-49-48(54)47(53)46(52)44(40-50)58-49)57-45(51)38-36-34-32-30-28-26-24-22-20-18-16-14-12-10-8-6-4-2/h6,8,11-14,17-20,24,26,43-44,46-50,52-54H,3-5,7,9-10,15-16,21-23,25,27-42H2,1-2H3/b8-6-,13-11-,14-12-,19-17-,20-18-,26-24-. The Morgan fingerprint density at radius 2 is 1.05 bits per heavy atom. The van der Waals surface area contributed by atoms with Gasteiger partial charge in [0.2, 0.25) is 0 Å². The summed E-state index contributed by atoms with van der Waals surface area (Å²) in [6.45, 7) is 4.36. The van der Waals surface area contributed by atoms with E-state index in [-0.39, 0.29) is 25.6 Å². The van der Waals surface area contributed by atoms with Crippen LogP contribution in [-0.4, -0.2) is 89.6 Å². The quantitative estimate of drug-likeness (QED) is 0.0273. The number of unbranched alkanes of at least 4 members (excludes halogenated alkanes) is 15. The number of aliphatic hydroxyl groups is 4. The molecule has 4 N–H and O–H groups in total. The maximum absolute atomic E-state index is 12.8. The molecular formula is C49H84O9. The van der Waals surface area contributed by atoms with Crippen LogP contribution in [0.15, 0.2) is 72.9 Å². The van der Waals surface area contributed by atoms with Crippen LogP contribution in [0.5, 0.6) is 0 Å². The highest BCUT2D eigenvalue weighted by Gasteiger charge is 2.44. The van der Waals surface area contributed by atoms with Crippen LogP contribution in [0, 0.1) is 0 Å². The maximum atomic E-state index is 12.8. The van der Waals surface area contributed by atoms with Gasteiger partial charge in [-0.1, -0.05) is 151 Å². The van der Waals surface area contributed by atoms with Gasteiger partial charge in [-0.2, -0.15) is 0 Å². The van der Waals surface area contributed by atoms with Gasteiger partial charge in [-0.15, -0.1) is 0 Å². The number of allylic oxidation sites excluding steroid dienone is 12. The Bertz CT molecular complexity index is 1110. The van der Waals surface area contributed by atoms with Crippen molar-refractivity contribution < 1.29 is 44.2 Å². The molecule has 0 saturated carbocycles. The second-order valence-corrected chi connectivity index (χ2v) is 15.5. The van der Waals surface area contributed by atoms with E-state index in [1.807, 2.05) is 0 Å². The molecule has 9 heteroatoms. The number of hydrogen-bond donors (Lipinski definition) is 4. The predicted molar refractivity (Wildman–Crippen MR) is 237 cm³/mol. The largest absolute Gasteiger partial charge is 0.457 e. The van der Waals surface area contributed by atoms with Crippen LogP contribution < -0.4 is 0 Å². The molecule has 1 aliphatic rings. The Labute approximate surface area is 353 Å². The number of carbonyl (C=O) groups excluding carboxylic acids is 1. The Morgan fingerprint density at radius 1 is 0.569 bits per heavy atom. The molecule has 0 bridgehead atoms. The molecule has 0 aromatic heterocycles. The summed E-state index contributed by atoms with van der Waals surface area (Å²) in [7, 11) is 0. The minimum atomic E-state index is -1.55. The number of esters is 1. The summed E-state index contributed by atoms with van der Waals surface area (Å²) in [5, 5.41) is 40.1. The fraction of sp³-hybridized carbons (Fsp3) is 0.735. The van der Waals surface area contributed by atoms with Crippen LogP contribution in [0.1, 0.15) is 168 Å². The van der Waals surface area contributed by atoms with Gasteiger partial charge in [0.15, 0.2) is 6.29 Å². The molecule has 1 fully saturated rings. The number of rotatable bonds is 38. The molecular weight excluding hydrogens is 733 g/mol. The van der Waals surface area contributed by atoms with Gasteiger partial charge in [-0.25, -0.2) is 0 Å². The molecule has 0 aliphatic carbocycles. The highest BCUT2D eigenvalue weighted by Crippen LogP contribution is 2.22. The molecule has 0 spiro atoms. The molecule has 1 saturated heterocycles. The van der Waals surface area contributed by atoms with Crippen molar-refractivity contribution in [3.8, 4) is 0 Å². The number of hydrogen-bond acceptors (Lipinski definition) is 9. The minimum Gasteiger partial charge on any atom is -0.457 e. The Morgan fingerprint density at radius 3 is 1.59 bits per heavy atom. The van der Waals surface area contributed by atoms with E-state index in [2.05, 4.69) is 86.8 Å². The van der Waals surface area contributed by atoms with Crippen molar-refractivity contribution in [2.75, 3.05) is 26.4 Å². The second kappa shape index (κ2) is 40.1. The first kappa shape index (κ1) is 53.6. The van der Waals surface area contributed by atoms with Crippen LogP contribution in [-0.2, 0) is 23.7 Å². The summed E-state index contributed by atoms with van der Waals surface area (Å²) in [6.07, 6.45) is 44.9. The molecule has 0 aromatic carbocycles. The van der Waals surface area contributed by atoms with E-state index in [0.717, 1.165) is 83.5 Å². The lowest BCUT2D eigenvalue weighted by Crippen LogP contribution is -2.59. The average molecular weight is 817 g/mol. The van der Waals surface area contributed by atoms with Gasteiger partial charge >= 0.3 is 5.97 Å². The molecule has 0 aromatic rings. The zero-order valence-corrected chi connectivity index (χ0v) is 36.5. The summed E-state index contributed by atoms with van der Waals surface area (Å²) in [6, 6.07) is 0. The van der Waals surface area contributed by atoms with E-state index in [0.29, 0.717) is 6.61 Å². The van der Waals surface area contributed by atoms with Gasteiger partial charge in [0, 0.05) is 13.0 Å². The lowest BCUT2D eigenvalue weighted by molar-refractivity contribution is -0.305. The summed E-state index contributed by atoms with van der Waals surface area (Å²) in [5.41, 5.74) is 0. The molecule has 9 nitrogen and oxygen atoms in total. The van der Waals surface area contributed by atoms with Crippen LogP contribution in [0.25, 0.3) is 0 Å². The third kappa shape index (κ3) is 30.6. The van der Waals surface area contributed by atoms with Crippen LogP contribution in [0.3, 0.4) is 0 Å². The molecule has 58 heavy (non-hydrogen) atoms. The molecule has 0 radical (unpaired) electrons. The van der Waals surface area contributed by atoms with Crippen molar-refractivity contribution in [2.24, 2.45) is 0 Å². The zero-order valence-electron chi connectivity index (χ0n) is 36.5. The lowest BCUT2D eigenvalue weighted by Gasteiger charge is -2.39. The normalized spacial score (nSPS) is 21.0. The Kier molecular flexibility index (Phi) is 37.1. The van der Waals surface area contributed by atoms with Gasteiger partial charge in [-0.05, 0) is 83.5 Å². The van der Waals surface area contributed by atoms with E-state index >= 15 is 0 Å². The number of carbonyl (C=O) groups is 1. The summed E-state index contributed by atoms with van der Waals surface area (Å²) < 4.78 is 22.8. The Balaban J connectivity index is 2.29. The van der Waals surface area contributed by atoms with Crippen LogP contribution >= 0.6 is 0 Å². The number of ether oxygens (including phenoxy) is 4. The molecule has 1 aliphatic heterocycles. The molecule has 6 atom stereocenters. The van der Waals surface area contributed by atoms with E-state index in [9.17, 15) is 25.2 Å². The van der Waals surface area contributed by atoms with Crippen LogP contribution in [0.4, 0.5) is 0 Å². The Hall–Kier alpha value is -2.37. The van der Waals surface area contributed by atoms with Gasteiger partial charge < -0.3 is 39.4 Å². The number of aliphatic hydroxyl groups excluding tert-OH is 4. The third-order valence-electron chi connectivity index (χ3n) is 10.1. The molecule has 334 valence electrons. The smallest absolute Gasteiger partial charge is 0.306 e. The first-order valence-electron chi connectivity index (χ1n) is 23.0. The lowest BCUT2D eigenvalue weighted by atomic mass is 9.99. The molecule has 1 heterocycles. The zero-order chi connectivity index (χ0) is 42.2. The predicted octanol–water partition coefficient (Wildman–Crippen LogP) is 10.5. The van der Waals surface area contributed by atoms with Crippen molar-refractivity contribution in [3.63, 3.8) is 0 Å². The van der Waals surface area contributed by atoms with E-state index in [4.69, 9.17) is 18.9 Å². The van der Waals surface area contributed by atoms with E-state index in [1.54, 1.807) is 0 Å². The first-order valence-corrected chi connectivity index (χ1v) is 23.0. The maximum Gasteiger partial charge on any atom is 0.306 e. The highest BCUT2D eigenvalue weighted by molar-refractivity contribution is 5.69. The van der Waals surface area contributed by atoms with Crippen molar-refractivity contribution in [1.82, 2.24) is 0 Å². The monoisotopic (exact) mass is 817 g/mol.